The van der Waals surface area contributed by atoms with E-state index in [1.54, 1.807) is 4.90 Å². The molecule has 0 aliphatic carbocycles. The Bertz CT molecular complexity index is 512. The van der Waals surface area contributed by atoms with Crippen LogP contribution < -0.4 is 4.90 Å². The van der Waals surface area contributed by atoms with Gasteiger partial charge in [0.2, 0.25) is 0 Å². The third-order valence-corrected chi connectivity index (χ3v) is 2.80. The minimum Gasteiger partial charge on any atom is -0.277 e. The number of anilines is 2. The van der Waals surface area contributed by atoms with Gasteiger partial charge in [-0.05, 0) is 40.2 Å². The zero-order valence-corrected chi connectivity index (χ0v) is 11.3. The zero-order valence-electron chi connectivity index (χ0n) is 9.71. The summed E-state index contributed by atoms with van der Waals surface area (Å²) in [4.78, 5) is 13.8. The van der Waals surface area contributed by atoms with E-state index in [1.807, 2.05) is 60.7 Å². The van der Waals surface area contributed by atoms with Crippen molar-refractivity contribution in [2.75, 3.05) is 4.90 Å². The van der Waals surface area contributed by atoms with Crippen molar-refractivity contribution in [1.29, 1.82) is 0 Å². The largest absolute Gasteiger partial charge is 0.277 e. The van der Waals surface area contributed by atoms with Crippen molar-refractivity contribution in [1.82, 2.24) is 0 Å². The van der Waals surface area contributed by atoms with Crippen LogP contribution in [0, 0.1) is 0 Å². The van der Waals surface area contributed by atoms with Gasteiger partial charge in [-0.1, -0.05) is 43.0 Å². The van der Waals surface area contributed by atoms with E-state index in [1.165, 1.54) is 0 Å². The quantitative estimate of drug-likeness (QED) is 0.776. The average molecular weight is 302 g/mol. The second kappa shape index (κ2) is 5.65. The van der Waals surface area contributed by atoms with Gasteiger partial charge >= 0.3 is 0 Å². The zero-order chi connectivity index (χ0) is 13.0. The summed E-state index contributed by atoms with van der Waals surface area (Å²) in [6, 6.07) is 19.0. The van der Waals surface area contributed by atoms with Gasteiger partial charge in [0, 0.05) is 11.4 Å². The fraction of sp³-hybridized carbons (Fsp3) is 0. The second-order valence-electron chi connectivity index (χ2n) is 3.72. The Kier molecular flexibility index (Phi) is 3.95. The lowest BCUT2D eigenvalue weighted by Crippen LogP contribution is -2.25. The van der Waals surface area contributed by atoms with E-state index in [9.17, 15) is 4.79 Å². The molecule has 0 spiro atoms. The second-order valence-corrected chi connectivity index (χ2v) is 4.67. The number of benzene rings is 2. The summed E-state index contributed by atoms with van der Waals surface area (Å²) < 4.78 is 0.329. The highest BCUT2D eigenvalue weighted by Crippen LogP contribution is 2.27. The molecule has 18 heavy (non-hydrogen) atoms. The third-order valence-electron chi connectivity index (χ3n) is 2.46. The topological polar surface area (TPSA) is 20.3 Å². The smallest absolute Gasteiger partial charge is 0.269 e. The van der Waals surface area contributed by atoms with Crippen LogP contribution in [0.1, 0.15) is 0 Å². The fourth-order valence-corrected chi connectivity index (χ4v) is 1.84. The summed E-state index contributed by atoms with van der Waals surface area (Å²) in [6.45, 7) is 3.65. The van der Waals surface area contributed by atoms with Crippen LogP contribution in [-0.2, 0) is 4.79 Å². The average Bonchev–Trinajstić information content (AvgIpc) is 2.41. The molecule has 2 aromatic rings. The Hall–Kier alpha value is -1.87. The van der Waals surface area contributed by atoms with Crippen molar-refractivity contribution >= 4 is 33.2 Å². The highest BCUT2D eigenvalue weighted by Gasteiger charge is 2.18. The molecule has 0 bridgehead atoms. The monoisotopic (exact) mass is 301 g/mol. The molecular formula is C15H12BrNO. The number of nitrogens with zero attached hydrogens (tertiary/aromatic N) is 1. The van der Waals surface area contributed by atoms with Gasteiger partial charge in [0.05, 0.1) is 4.48 Å². The lowest BCUT2D eigenvalue weighted by molar-refractivity contribution is -0.113. The number of amides is 1. The molecule has 1 amide bonds. The summed E-state index contributed by atoms with van der Waals surface area (Å²) in [5, 5.41) is 0. The molecule has 0 saturated heterocycles. The van der Waals surface area contributed by atoms with Crippen LogP contribution >= 0.6 is 15.9 Å². The van der Waals surface area contributed by atoms with Crippen molar-refractivity contribution in [2.24, 2.45) is 0 Å². The molecule has 0 aliphatic rings. The number of para-hydroxylation sites is 2. The Morgan fingerprint density at radius 2 is 1.28 bits per heavy atom. The van der Waals surface area contributed by atoms with E-state index >= 15 is 0 Å². The highest BCUT2D eigenvalue weighted by molar-refractivity contribution is 9.12. The maximum atomic E-state index is 12.2. The van der Waals surface area contributed by atoms with E-state index in [0.29, 0.717) is 4.48 Å². The van der Waals surface area contributed by atoms with Gasteiger partial charge in [-0.15, -0.1) is 0 Å². The highest BCUT2D eigenvalue weighted by atomic mass is 79.9. The van der Waals surface area contributed by atoms with Crippen LogP contribution in [0.2, 0.25) is 0 Å². The summed E-state index contributed by atoms with van der Waals surface area (Å²) in [6.07, 6.45) is 0. The summed E-state index contributed by atoms with van der Waals surface area (Å²) in [5.74, 6) is -0.174. The first-order valence-electron chi connectivity index (χ1n) is 5.49. The number of hydrogen-bond donors (Lipinski definition) is 0. The van der Waals surface area contributed by atoms with Crippen LogP contribution in [0.15, 0.2) is 71.7 Å². The molecule has 0 unspecified atom stereocenters. The maximum Gasteiger partial charge on any atom is 0.269 e. The summed E-state index contributed by atoms with van der Waals surface area (Å²) in [7, 11) is 0. The number of rotatable bonds is 3. The molecule has 0 N–H and O–H groups in total. The predicted octanol–water partition coefficient (Wildman–Crippen LogP) is 4.26. The van der Waals surface area contributed by atoms with Gasteiger partial charge in [-0.2, -0.15) is 0 Å². The normalized spacial score (nSPS) is 9.83. The Morgan fingerprint density at radius 1 is 0.889 bits per heavy atom. The number of hydrogen-bond acceptors (Lipinski definition) is 1. The molecule has 0 aliphatic heterocycles. The Labute approximate surface area is 115 Å². The molecule has 90 valence electrons. The molecule has 0 atom stereocenters. The van der Waals surface area contributed by atoms with E-state index in [0.717, 1.165) is 11.4 Å². The standard InChI is InChI=1S/C15H12BrNO/c1-12(16)15(18)17(13-8-4-2-5-9-13)14-10-6-3-7-11-14/h2-11H,1H2. The molecule has 2 aromatic carbocycles. The van der Waals surface area contributed by atoms with Gasteiger partial charge in [0.15, 0.2) is 0 Å². The number of carbonyl (C=O) groups excluding carboxylic acids is 1. The van der Waals surface area contributed by atoms with Crippen molar-refractivity contribution in [3.8, 4) is 0 Å². The van der Waals surface area contributed by atoms with Crippen molar-refractivity contribution in [3.63, 3.8) is 0 Å². The summed E-state index contributed by atoms with van der Waals surface area (Å²) >= 11 is 3.15. The molecular weight excluding hydrogens is 290 g/mol. The van der Waals surface area contributed by atoms with Crippen LogP contribution in [0.5, 0.6) is 0 Å². The van der Waals surface area contributed by atoms with Gasteiger partial charge in [0.1, 0.15) is 0 Å². The van der Waals surface area contributed by atoms with Gasteiger partial charge in [0.25, 0.3) is 5.91 Å². The Morgan fingerprint density at radius 3 is 1.61 bits per heavy atom. The molecule has 0 saturated carbocycles. The molecule has 0 aromatic heterocycles. The maximum absolute atomic E-state index is 12.2. The lowest BCUT2D eigenvalue weighted by Gasteiger charge is -2.22. The first-order valence-corrected chi connectivity index (χ1v) is 6.28. The molecule has 0 fully saturated rings. The Balaban J connectivity index is 2.48. The molecule has 0 radical (unpaired) electrons. The molecule has 2 nitrogen and oxygen atoms in total. The minimum absolute atomic E-state index is 0.174. The minimum atomic E-state index is -0.174. The van der Waals surface area contributed by atoms with E-state index in [2.05, 4.69) is 22.5 Å². The van der Waals surface area contributed by atoms with Crippen LogP contribution in [0.4, 0.5) is 11.4 Å². The number of carbonyl (C=O) groups is 1. The lowest BCUT2D eigenvalue weighted by atomic mass is 10.2. The van der Waals surface area contributed by atoms with Crippen LogP contribution in [0.25, 0.3) is 0 Å². The van der Waals surface area contributed by atoms with Crippen LogP contribution in [-0.4, -0.2) is 5.91 Å². The molecule has 3 heteroatoms. The molecule has 0 heterocycles. The van der Waals surface area contributed by atoms with E-state index in [-0.39, 0.29) is 5.91 Å². The van der Waals surface area contributed by atoms with Gasteiger partial charge in [-0.3, -0.25) is 9.69 Å². The first-order chi connectivity index (χ1) is 8.70. The van der Waals surface area contributed by atoms with Crippen LogP contribution in [0.3, 0.4) is 0 Å². The third kappa shape index (κ3) is 2.68. The van der Waals surface area contributed by atoms with Crippen molar-refractivity contribution in [3.05, 3.63) is 71.7 Å². The van der Waals surface area contributed by atoms with Gasteiger partial charge in [-0.25, -0.2) is 0 Å². The SMILES string of the molecule is C=C(Br)C(=O)N(c1ccccc1)c1ccccc1. The van der Waals surface area contributed by atoms with E-state index < -0.39 is 0 Å². The van der Waals surface area contributed by atoms with E-state index in [4.69, 9.17) is 0 Å². The first kappa shape index (κ1) is 12.6. The predicted molar refractivity (Wildman–Crippen MR) is 78.1 cm³/mol. The molecule has 2 rings (SSSR count). The van der Waals surface area contributed by atoms with Gasteiger partial charge < -0.3 is 0 Å². The van der Waals surface area contributed by atoms with Crippen molar-refractivity contribution in [2.45, 2.75) is 0 Å². The van der Waals surface area contributed by atoms with Crippen molar-refractivity contribution < 1.29 is 4.79 Å². The fourth-order valence-electron chi connectivity index (χ4n) is 1.66. The number of halogens is 1. The summed E-state index contributed by atoms with van der Waals surface area (Å²) in [5.41, 5.74) is 1.63.